The Morgan fingerprint density at radius 1 is 1.33 bits per heavy atom. The van der Waals surface area contributed by atoms with E-state index in [1.165, 1.54) is 5.56 Å². The lowest BCUT2D eigenvalue weighted by molar-refractivity contribution is -0.118. The molecule has 1 atom stereocenters. The zero-order valence-electron chi connectivity index (χ0n) is 11.9. The topological polar surface area (TPSA) is 32.3 Å². The normalized spacial score (nSPS) is 20.2. The fourth-order valence-electron chi connectivity index (χ4n) is 2.47. The molecule has 0 saturated heterocycles. The fraction of sp³-hybridized carbons (Fsp3) is 0.533. The van der Waals surface area contributed by atoms with Crippen LogP contribution in [0.3, 0.4) is 0 Å². The minimum Gasteiger partial charge on any atom is -0.380 e. The van der Waals surface area contributed by atoms with Gasteiger partial charge in [0.15, 0.2) is 0 Å². The van der Waals surface area contributed by atoms with Gasteiger partial charge < -0.3 is 10.2 Å². The number of nitrogens with one attached hydrogen (secondary N) is 1. The third kappa shape index (κ3) is 2.22. The van der Waals surface area contributed by atoms with Gasteiger partial charge in [0.25, 0.3) is 0 Å². The van der Waals surface area contributed by atoms with Crippen LogP contribution < -0.4 is 10.2 Å². The number of rotatable bonds is 0. The van der Waals surface area contributed by atoms with Gasteiger partial charge in [0.1, 0.15) is 0 Å². The van der Waals surface area contributed by atoms with Crippen molar-refractivity contribution in [1.29, 1.82) is 0 Å². The van der Waals surface area contributed by atoms with Gasteiger partial charge in [-0.3, -0.25) is 4.79 Å². The van der Waals surface area contributed by atoms with Crippen LogP contribution in [0, 0.1) is 0 Å². The first kappa shape index (κ1) is 12.9. The van der Waals surface area contributed by atoms with Gasteiger partial charge in [-0.05, 0) is 24.0 Å². The molecule has 1 aromatic rings. The van der Waals surface area contributed by atoms with Gasteiger partial charge in [-0.2, -0.15) is 0 Å². The van der Waals surface area contributed by atoms with E-state index in [4.69, 9.17) is 0 Å². The van der Waals surface area contributed by atoms with Crippen molar-refractivity contribution in [3.05, 3.63) is 23.8 Å². The van der Waals surface area contributed by atoms with Gasteiger partial charge in [0.2, 0.25) is 5.91 Å². The van der Waals surface area contributed by atoms with Crippen molar-refractivity contribution in [1.82, 2.24) is 0 Å². The van der Waals surface area contributed by atoms with Gasteiger partial charge in [0, 0.05) is 19.5 Å². The van der Waals surface area contributed by atoms with Gasteiger partial charge in [-0.15, -0.1) is 0 Å². The smallest absolute Gasteiger partial charge is 0.228 e. The number of para-hydroxylation sites is 1. The zero-order chi connectivity index (χ0) is 13.5. The SMILES string of the molecule is CC1CC(=O)N(C)c2c(cccc2C(C)(C)C)N1. The van der Waals surface area contributed by atoms with Gasteiger partial charge in [-0.1, -0.05) is 32.9 Å². The molecule has 0 bridgehead atoms. The zero-order valence-corrected chi connectivity index (χ0v) is 11.9. The summed E-state index contributed by atoms with van der Waals surface area (Å²) in [6.07, 6.45) is 0.536. The second-order valence-corrected chi connectivity index (χ2v) is 6.15. The number of carbonyl (C=O) groups excluding carboxylic acids is 1. The maximum absolute atomic E-state index is 12.2. The summed E-state index contributed by atoms with van der Waals surface area (Å²) in [6, 6.07) is 6.40. The predicted molar refractivity (Wildman–Crippen MR) is 76.3 cm³/mol. The van der Waals surface area contributed by atoms with E-state index in [-0.39, 0.29) is 17.4 Å². The molecule has 1 amide bonds. The molecule has 1 unspecified atom stereocenters. The Kier molecular flexibility index (Phi) is 3.09. The lowest BCUT2D eigenvalue weighted by Crippen LogP contribution is -2.29. The molecule has 1 heterocycles. The summed E-state index contributed by atoms with van der Waals surface area (Å²) in [5, 5.41) is 3.43. The van der Waals surface area contributed by atoms with E-state index >= 15 is 0 Å². The third-order valence-corrected chi connectivity index (χ3v) is 3.44. The molecular weight excluding hydrogens is 224 g/mol. The standard InChI is InChI=1S/C15H22N2O/c1-10-9-13(18)17(5)14-11(15(2,3)4)7-6-8-12(14)16-10/h6-8,10,16H,9H2,1-5H3. The van der Waals surface area contributed by atoms with Crippen LogP contribution in [0.4, 0.5) is 11.4 Å². The summed E-state index contributed by atoms with van der Waals surface area (Å²) in [6.45, 7) is 8.57. The van der Waals surface area contributed by atoms with E-state index in [0.29, 0.717) is 6.42 Å². The molecule has 0 aliphatic carbocycles. The van der Waals surface area contributed by atoms with E-state index < -0.39 is 0 Å². The monoisotopic (exact) mass is 246 g/mol. The highest BCUT2D eigenvalue weighted by Gasteiger charge is 2.28. The predicted octanol–water partition coefficient (Wildman–Crippen LogP) is 3.15. The molecule has 0 radical (unpaired) electrons. The van der Waals surface area contributed by atoms with Crippen molar-refractivity contribution < 1.29 is 4.79 Å². The number of hydrogen-bond donors (Lipinski definition) is 1. The quantitative estimate of drug-likeness (QED) is 0.762. The molecule has 0 fully saturated rings. The third-order valence-electron chi connectivity index (χ3n) is 3.44. The summed E-state index contributed by atoms with van der Waals surface area (Å²) in [5.41, 5.74) is 3.31. The van der Waals surface area contributed by atoms with Crippen LogP contribution in [-0.4, -0.2) is 19.0 Å². The second-order valence-electron chi connectivity index (χ2n) is 6.15. The molecule has 0 aromatic heterocycles. The Bertz CT molecular complexity index is 474. The van der Waals surface area contributed by atoms with Crippen molar-refractivity contribution in [2.45, 2.75) is 45.6 Å². The maximum atomic E-state index is 12.2. The molecular formula is C15H22N2O. The minimum absolute atomic E-state index is 0.0230. The molecule has 18 heavy (non-hydrogen) atoms. The van der Waals surface area contributed by atoms with Crippen molar-refractivity contribution in [3.63, 3.8) is 0 Å². The first-order valence-corrected chi connectivity index (χ1v) is 6.47. The second kappa shape index (κ2) is 4.30. The molecule has 1 aromatic carbocycles. The van der Waals surface area contributed by atoms with Crippen LogP contribution in [0.15, 0.2) is 18.2 Å². The highest BCUT2D eigenvalue weighted by molar-refractivity contribution is 5.99. The highest BCUT2D eigenvalue weighted by Crippen LogP contribution is 2.39. The fourth-order valence-corrected chi connectivity index (χ4v) is 2.47. The molecule has 1 aliphatic rings. The number of nitrogens with zero attached hydrogens (tertiary/aromatic N) is 1. The first-order chi connectivity index (χ1) is 8.30. The van der Waals surface area contributed by atoms with Crippen LogP contribution in [-0.2, 0) is 10.2 Å². The average molecular weight is 246 g/mol. The maximum Gasteiger partial charge on any atom is 0.228 e. The Morgan fingerprint density at radius 2 is 2.00 bits per heavy atom. The molecule has 2 rings (SSSR count). The van der Waals surface area contributed by atoms with Crippen LogP contribution in [0.25, 0.3) is 0 Å². The van der Waals surface area contributed by atoms with Crippen molar-refractivity contribution in [2.24, 2.45) is 0 Å². The summed E-state index contributed by atoms with van der Waals surface area (Å²) in [7, 11) is 1.87. The minimum atomic E-state index is 0.0230. The number of amides is 1. The van der Waals surface area contributed by atoms with E-state index in [2.05, 4.69) is 44.3 Å². The molecule has 3 heteroatoms. The number of anilines is 2. The van der Waals surface area contributed by atoms with E-state index in [1.807, 2.05) is 14.0 Å². The molecule has 3 nitrogen and oxygen atoms in total. The lowest BCUT2D eigenvalue weighted by atomic mass is 9.85. The van der Waals surface area contributed by atoms with Gasteiger partial charge >= 0.3 is 0 Å². The van der Waals surface area contributed by atoms with E-state index in [1.54, 1.807) is 4.90 Å². The average Bonchev–Trinajstić information content (AvgIpc) is 2.35. The van der Waals surface area contributed by atoms with Crippen LogP contribution in [0.1, 0.15) is 39.7 Å². The van der Waals surface area contributed by atoms with Crippen LogP contribution in [0.5, 0.6) is 0 Å². The lowest BCUT2D eigenvalue weighted by Gasteiger charge is -2.28. The first-order valence-electron chi connectivity index (χ1n) is 6.47. The Balaban J connectivity index is 2.63. The summed E-state index contributed by atoms with van der Waals surface area (Å²) in [5.74, 6) is 0.172. The van der Waals surface area contributed by atoms with E-state index in [0.717, 1.165) is 11.4 Å². The summed E-state index contributed by atoms with van der Waals surface area (Å²) < 4.78 is 0. The molecule has 1 N–H and O–H groups in total. The molecule has 0 saturated carbocycles. The Hall–Kier alpha value is -1.51. The number of carbonyl (C=O) groups is 1. The van der Waals surface area contributed by atoms with Gasteiger partial charge in [0.05, 0.1) is 11.4 Å². The molecule has 98 valence electrons. The highest BCUT2D eigenvalue weighted by atomic mass is 16.2. The van der Waals surface area contributed by atoms with Crippen molar-refractivity contribution in [2.75, 3.05) is 17.3 Å². The summed E-state index contributed by atoms with van der Waals surface area (Å²) in [4.78, 5) is 14.0. The largest absolute Gasteiger partial charge is 0.380 e. The number of hydrogen-bond acceptors (Lipinski definition) is 2. The Labute approximate surface area is 109 Å². The molecule has 1 aliphatic heterocycles. The van der Waals surface area contributed by atoms with Gasteiger partial charge in [-0.25, -0.2) is 0 Å². The van der Waals surface area contributed by atoms with Crippen LogP contribution >= 0.6 is 0 Å². The van der Waals surface area contributed by atoms with E-state index in [9.17, 15) is 4.79 Å². The van der Waals surface area contributed by atoms with Crippen molar-refractivity contribution >= 4 is 17.3 Å². The summed E-state index contributed by atoms with van der Waals surface area (Å²) >= 11 is 0. The number of benzene rings is 1. The molecule has 0 spiro atoms. The Morgan fingerprint density at radius 3 is 2.61 bits per heavy atom. The number of fused-ring (bicyclic) bond motifs is 1. The van der Waals surface area contributed by atoms with Crippen LogP contribution in [0.2, 0.25) is 0 Å². The van der Waals surface area contributed by atoms with Crippen molar-refractivity contribution in [3.8, 4) is 0 Å².